The van der Waals surface area contributed by atoms with Crippen LogP contribution in [0.5, 0.6) is 0 Å². The number of nitrogens with zero attached hydrogens (tertiary/aromatic N) is 2. The molecule has 1 saturated heterocycles. The van der Waals surface area contributed by atoms with Crippen LogP contribution in [0.3, 0.4) is 0 Å². The molecule has 174 valence electrons. The Bertz CT molecular complexity index is 580. The van der Waals surface area contributed by atoms with Crippen LogP contribution < -0.4 is 5.32 Å². The van der Waals surface area contributed by atoms with Gasteiger partial charge < -0.3 is 15.1 Å². The van der Waals surface area contributed by atoms with Crippen molar-refractivity contribution in [3.8, 4) is 0 Å². The van der Waals surface area contributed by atoms with Gasteiger partial charge in [0.15, 0.2) is 0 Å². The lowest BCUT2D eigenvalue weighted by molar-refractivity contribution is -0.146. The maximum Gasteiger partial charge on any atom is 0.245 e. The van der Waals surface area contributed by atoms with Gasteiger partial charge in [-0.3, -0.25) is 14.4 Å². The number of alkyl halides is 1. The van der Waals surface area contributed by atoms with Gasteiger partial charge in [0.05, 0.1) is 5.41 Å². The maximum absolute atomic E-state index is 13.2. The van der Waals surface area contributed by atoms with Gasteiger partial charge in [0, 0.05) is 38.0 Å². The van der Waals surface area contributed by atoms with Gasteiger partial charge in [0.1, 0.15) is 6.04 Å². The van der Waals surface area contributed by atoms with Crippen LogP contribution in [-0.2, 0) is 14.4 Å². The van der Waals surface area contributed by atoms with Crippen molar-refractivity contribution >= 4 is 29.3 Å². The van der Waals surface area contributed by atoms with E-state index in [1.165, 1.54) is 19.3 Å². The van der Waals surface area contributed by atoms with Crippen LogP contribution in [0.25, 0.3) is 0 Å². The Morgan fingerprint density at radius 2 is 1.73 bits per heavy atom. The first kappa shape index (κ1) is 26.7. The smallest absolute Gasteiger partial charge is 0.245 e. The largest absolute Gasteiger partial charge is 0.344 e. The fourth-order valence-corrected chi connectivity index (χ4v) is 3.78. The molecule has 1 fully saturated rings. The monoisotopic (exact) mass is 443 g/mol. The molecule has 0 aliphatic carbocycles. The fourth-order valence-electron chi connectivity index (χ4n) is 3.66. The van der Waals surface area contributed by atoms with E-state index < -0.39 is 11.5 Å². The van der Waals surface area contributed by atoms with Gasteiger partial charge in [-0.2, -0.15) is 0 Å². The summed E-state index contributed by atoms with van der Waals surface area (Å²) in [6.45, 7) is 13.1. The zero-order valence-electron chi connectivity index (χ0n) is 19.8. The van der Waals surface area contributed by atoms with Crippen molar-refractivity contribution in [3.05, 3.63) is 0 Å². The number of hydrogen-bond donors (Lipinski definition) is 1. The molecule has 2 atom stereocenters. The summed E-state index contributed by atoms with van der Waals surface area (Å²) in [6.07, 6.45) is 6.22. The van der Waals surface area contributed by atoms with Crippen molar-refractivity contribution in [1.29, 1.82) is 0 Å². The summed E-state index contributed by atoms with van der Waals surface area (Å²) in [5.41, 5.74) is -0.732. The molecule has 0 bridgehead atoms. The van der Waals surface area contributed by atoms with E-state index in [-0.39, 0.29) is 35.6 Å². The van der Waals surface area contributed by atoms with Gasteiger partial charge >= 0.3 is 0 Å². The Hall–Kier alpha value is -1.30. The fraction of sp³-hybridized carbons (Fsp3) is 0.870. The minimum absolute atomic E-state index is 0.0198. The summed E-state index contributed by atoms with van der Waals surface area (Å²) < 4.78 is 0. The van der Waals surface area contributed by atoms with Crippen LogP contribution in [0.2, 0.25) is 0 Å². The van der Waals surface area contributed by atoms with E-state index in [2.05, 4.69) is 12.2 Å². The highest BCUT2D eigenvalue weighted by atomic mass is 35.5. The average molecular weight is 444 g/mol. The number of halogens is 1. The van der Waals surface area contributed by atoms with Crippen molar-refractivity contribution < 1.29 is 14.4 Å². The lowest BCUT2D eigenvalue weighted by atomic mass is 9.93. The summed E-state index contributed by atoms with van der Waals surface area (Å²) in [5, 5.41) is 2.90. The molecule has 1 aliphatic heterocycles. The number of carbonyl (C=O) groups excluding carboxylic acids is 3. The van der Waals surface area contributed by atoms with Gasteiger partial charge in [-0.25, -0.2) is 0 Å². The highest BCUT2D eigenvalue weighted by Crippen LogP contribution is 2.20. The predicted octanol–water partition coefficient (Wildman–Crippen LogP) is 3.81. The Balaban J connectivity index is 2.64. The first-order valence-electron chi connectivity index (χ1n) is 11.5. The molecular weight excluding hydrogens is 402 g/mol. The zero-order valence-corrected chi connectivity index (χ0v) is 20.6. The van der Waals surface area contributed by atoms with Crippen molar-refractivity contribution in [2.45, 2.75) is 92.2 Å². The van der Waals surface area contributed by atoms with Crippen LogP contribution in [0.15, 0.2) is 0 Å². The molecule has 30 heavy (non-hydrogen) atoms. The molecule has 0 spiro atoms. The number of carbonyl (C=O) groups is 3. The third kappa shape index (κ3) is 7.75. The third-order valence-corrected chi connectivity index (χ3v) is 6.59. The van der Waals surface area contributed by atoms with Crippen LogP contribution >= 0.6 is 11.6 Å². The lowest BCUT2D eigenvalue weighted by Gasteiger charge is -2.41. The standard InChI is InChI=1S/C23H42ClN3O3/c1-7-8-9-10-11-12-19(28)27-14-13-26(15-18(27)4)21(29)20(17(2)3)25-22(30)23(5,6)16-24/h17-18,20H,7-16H2,1-6H3,(H,25,30). The molecule has 7 heteroatoms. The first-order chi connectivity index (χ1) is 14.0. The van der Waals surface area contributed by atoms with Crippen LogP contribution in [0, 0.1) is 11.3 Å². The van der Waals surface area contributed by atoms with Gasteiger partial charge in [0.2, 0.25) is 17.7 Å². The lowest BCUT2D eigenvalue weighted by Crippen LogP contribution is -2.60. The topological polar surface area (TPSA) is 69.7 Å². The summed E-state index contributed by atoms with van der Waals surface area (Å²) in [6, 6.07) is -0.610. The first-order valence-corrected chi connectivity index (χ1v) is 12.0. The number of amides is 3. The number of nitrogens with one attached hydrogen (secondary N) is 1. The van der Waals surface area contributed by atoms with E-state index in [4.69, 9.17) is 11.6 Å². The van der Waals surface area contributed by atoms with Crippen molar-refractivity contribution in [1.82, 2.24) is 15.1 Å². The Morgan fingerprint density at radius 3 is 2.27 bits per heavy atom. The molecule has 1 N–H and O–H groups in total. The molecule has 1 heterocycles. The molecule has 2 unspecified atom stereocenters. The molecule has 0 aromatic rings. The quantitative estimate of drug-likeness (QED) is 0.390. The van der Waals surface area contributed by atoms with Gasteiger partial charge in [0.25, 0.3) is 0 Å². The van der Waals surface area contributed by atoms with E-state index in [1.807, 2.05) is 25.7 Å². The SMILES string of the molecule is CCCCCCCC(=O)N1CCN(C(=O)C(NC(=O)C(C)(C)CCl)C(C)C)CC1C. The number of piperazine rings is 1. The molecule has 1 rings (SSSR count). The maximum atomic E-state index is 13.2. The zero-order chi connectivity index (χ0) is 22.9. The third-order valence-electron chi connectivity index (χ3n) is 5.92. The molecule has 3 amide bonds. The molecule has 0 aromatic carbocycles. The summed E-state index contributed by atoms with van der Waals surface area (Å²) >= 11 is 5.91. The molecule has 0 saturated carbocycles. The predicted molar refractivity (Wildman–Crippen MR) is 122 cm³/mol. The van der Waals surface area contributed by atoms with E-state index in [9.17, 15) is 14.4 Å². The number of rotatable bonds is 11. The van der Waals surface area contributed by atoms with Crippen molar-refractivity contribution in [2.24, 2.45) is 11.3 Å². The van der Waals surface area contributed by atoms with Gasteiger partial charge in [-0.15, -0.1) is 11.6 Å². The summed E-state index contributed by atoms with van der Waals surface area (Å²) in [5.74, 6) is 0.0414. The van der Waals surface area contributed by atoms with E-state index in [0.717, 1.165) is 12.8 Å². The van der Waals surface area contributed by atoms with E-state index in [1.54, 1.807) is 18.7 Å². The highest BCUT2D eigenvalue weighted by Gasteiger charge is 2.36. The number of hydrogen-bond acceptors (Lipinski definition) is 3. The molecule has 1 aliphatic rings. The minimum Gasteiger partial charge on any atom is -0.344 e. The number of unbranched alkanes of at least 4 members (excludes halogenated alkanes) is 4. The normalized spacial score (nSPS) is 18.5. The molecule has 6 nitrogen and oxygen atoms in total. The second kappa shape index (κ2) is 12.5. The van der Waals surface area contributed by atoms with Crippen molar-refractivity contribution in [3.63, 3.8) is 0 Å². The van der Waals surface area contributed by atoms with Gasteiger partial charge in [-0.1, -0.05) is 46.5 Å². The Kier molecular flexibility index (Phi) is 11.2. The molecule has 0 aromatic heterocycles. The molecular formula is C23H42ClN3O3. The average Bonchev–Trinajstić information content (AvgIpc) is 2.70. The van der Waals surface area contributed by atoms with Crippen LogP contribution in [0.4, 0.5) is 0 Å². The van der Waals surface area contributed by atoms with Crippen molar-refractivity contribution in [2.75, 3.05) is 25.5 Å². The minimum atomic E-state index is -0.732. The van der Waals surface area contributed by atoms with E-state index in [0.29, 0.717) is 26.1 Å². The Morgan fingerprint density at radius 1 is 1.10 bits per heavy atom. The van der Waals surface area contributed by atoms with Gasteiger partial charge in [-0.05, 0) is 33.1 Å². The molecule has 0 radical (unpaired) electrons. The van der Waals surface area contributed by atoms with Crippen LogP contribution in [0.1, 0.15) is 80.1 Å². The second-order valence-electron chi connectivity index (χ2n) is 9.60. The summed E-state index contributed by atoms with van der Waals surface area (Å²) in [7, 11) is 0. The van der Waals surface area contributed by atoms with Crippen LogP contribution in [-0.4, -0.2) is 65.1 Å². The summed E-state index contributed by atoms with van der Waals surface area (Å²) in [4.78, 5) is 42.0. The van der Waals surface area contributed by atoms with E-state index >= 15 is 0 Å². The Labute approximate surface area is 188 Å². The highest BCUT2D eigenvalue weighted by molar-refractivity contribution is 6.19. The second-order valence-corrected chi connectivity index (χ2v) is 9.86.